The number of carbonyl (C=O) groups excluding carboxylic acids is 2. The molecule has 41 heavy (non-hydrogen) atoms. The second kappa shape index (κ2) is 15.0. The highest BCUT2D eigenvalue weighted by molar-refractivity contribution is 14.1. The van der Waals surface area contributed by atoms with Crippen molar-refractivity contribution >= 4 is 40.8 Å². The molecule has 0 saturated heterocycles. The molecule has 0 fully saturated rings. The Morgan fingerprint density at radius 3 is 2.68 bits per heavy atom. The average Bonchev–Trinajstić information content (AvgIpc) is 2.95. The highest BCUT2D eigenvalue weighted by Gasteiger charge is 2.32. The van der Waals surface area contributed by atoms with E-state index >= 15 is 0 Å². The van der Waals surface area contributed by atoms with Crippen molar-refractivity contribution in [2.24, 2.45) is 5.10 Å². The van der Waals surface area contributed by atoms with Crippen LogP contribution < -0.4 is 35.0 Å². The molecule has 2 aromatic carbocycles. The molecule has 0 radical (unpaired) electrons. The Morgan fingerprint density at radius 2 is 2.00 bits per heavy atom. The molecule has 0 unspecified atom stereocenters. The Morgan fingerprint density at radius 1 is 1.22 bits per heavy atom. The number of urea groups is 1. The highest BCUT2D eigenvalue weighted by atomic mass is 127. The molecule has 2 aromatic rings. The lowest BCUT2D eigenvalue weighted by atomic mass is 9.95. The van der Waals surface area contributed by atoms with Gasteiger partial charge >= 0.3 is 12.0 Å². The van der Waals surface area contributed by atoms with E-state index in [4.69, 9.17) is 30.1 Å². The minimum atomic E-state index is -1.15. The fourth-order valence-corrected chi connectivity index (χ4v) is 4.67. The standard InChI is InChI=1S/C28H31IN4O8/c1-6-10-40-26-19(29)11-17(12-22(26)37-4)14-30-33-23(34)15-41-20-9-8-18(13-21(20)39-7-2)25-24(27(35)38-5)16(3)31-28(36)32-25/h1,8-9,11-14,23,25,33-34H,7,10,15H2,2-5H3,(H2,31,32,36)/b30-14-/t23-,25+/m1/s1. The van der Waals surface area contributed by atoms with Crippen LogP contribution >= 0.6 is 22.6 Å². The molecule has 1 heterocycles. The topological polar surface area (TPSA) is 149 Å². The van der Waals surface area contributed by atoms with Gasteiger partial charge in [-0.2, -0.15) is 5.10 Å². The van der Waals surface area contributed by atoms with Crippen molar-refractivity contribution in [1.29, 1.82) is 0 Å². The van der Waals surface area contributed by atoms with Crippen LogP contribution in [0.2, 0.25) is 0 Å². The van der Waals surface area contributed by atoms with Gasteiger partial charge in [-0.15, -0.1) is 6.42 Å². The van der Waals surface area contributed by atoms with Crippen molar-refractivity contribution in [2.45, 2.75) is 26.1 Å². The van der Waals surface area contributed by atoms with Crippen LogP contribution in [-0.2, 0) is 9.53 Å². The van der Waals surface area contributed by atoms with Gasteiger partial charge in [0.15, 0.2) is 29.2 Å². The van der Waals surface area contributed by atoms with Crippen molar-refractivity contribution < 1.29 is 38.4 Å². The molecule has 0 bridgehead atoms. The number of aliphatic hydroxyl groups is 1. The number of hydrazone groups is 1. The van der Waals surface area contributed by atoms with Crippen molar-refractivity contribution in [1.82, 2.24) is 16.1 Å². The highest BCUT2D eigenvalue weighted by Crippen LogP contribution is 2.35. The number of esters is 1. The Balaban J connectivity index is 1.69. The van der Waals surface area contributed by atoms with Crippen molar-refractivity contribution in [3.63, 3.8) is 0 Å². The summed E-state index contributed by atoms with van der Waals surface area (Å²) < 4.78 is 28.1. The Hall–Kier alpha value is -4.16. The molecular weight excluding hydrogens is 647 g/mol. The zero-order valence-electron chi connectivity index (χ0n) is 22.9. The lowest BCUT2D eigenvalue weighted by Crippen LogP contribution is -2.45. The van der Waals surface area contributed by atoms with Crippen molar-refractivity contribution in [3.8, 4) is 35.3 Å². The fourth-order valence-electron chi connectivity index (χ4n) is 3.89. The van der Waals surface area contributed by atoms with Gasteiger partial charge < -0.3 is 39.4 Å². The Kier molecular flexibility index (Phi) is 11.5. The summed E-state index contributed by atoms with van der Waals surface area (Å²) in [5, 5.41) is 19.8. The van der Waals surface area contributed by atoms with Crippen LogP contribution in [0.5, 0.6) is 23.0 Å². The van der Waals surface area contributed by atoms with E-state index in [-0.39, 0.29) is 18.8 Å². The van der Waals surface area contributed by atoms with Crippen LogP contribution in [0.3, 0.4) is 0 Å². The van der Waals surface area contributed by atoms with Gasteiger partial charge in [-0.05, 0) is 71.8 Å². The maximum atomic E-state index is 12.4. The molecule has 0 aliphatic carbocycles. The third-order valence-electron chi connectivity index (χ3n) is 5.66. The molecule has 1 aliphatic rings. The molecule has 13 heteroatoms. The number of carbonyl (C=O) groups is 2. The van der Waals surface area contributed by atoms with E-state index < -0.39 is 24.3 Å². The third-order valence-corrected chi connectivity index (χ3v) is 6.46. The first kappa shape index (κ1) is 31.4. The number of allylic oxidation sites excluding steroid dienone is 1. The molecule has 4 N–H and O–H groups in total. The monoisotopic (exact) mass is 678 g/mol. The van der Waals surface area contributed by atoms with Crippen molar-refractivity contribution in [3.05, 3.63) is 56.3 Å². The molecule has 0 aromatic heterocycles. The molecule has 12 nitrogen and oxygen atoms in total. The first-order valence-corrected chi connectivity index (χ1v) is 13.5. The average molecular weight is 678 g/mol. The van der Waals surface area contributed by atoms with Crippen LogP contribution in [0.4, 0.5) is 4.79 Å². The van der Waals surface area contributed by atoms with E-state index in [1.54, 1.807) is 31.2 Å². The van der Waals surface area contributed by atoms with E-state index in [9.17, 15) is 14.7 Å². The van der Waals surface area contributed by atoms with Gasteiger partial charge in [-0.25, -0.2) is 9.59 Å². The zero-order valence-corrected chi connectivity index (χ0v) is 25.1. The lowest BCUT2D eigenvalue weighted by Gasteiger charge is -2.28. The fraction of sp³-hybridized carbons (Fsp3) is 0.321. The maximum absolute atomic E-state index is 12.4. The smallest absolute Gasteiger partial charge is 0.337 e. The predicted molar refractivity (Wildman–Crippen MR) is 159 cm³/mol. The number of halogens is 1. The summed E-state index contributed by atoms with van der Waals surface area (Å²) in [4.78, 5) is 24.5. The largest absolute Gasteiger partial charge is 0.493 e. The summed E-state index contributed by atoms with van der Waals surface area (Å²) in [5.74, 6) is 3.59. The van der Waals surface area contributed by atoms with Gasteiger partial charge in [0.05, 0.1) is 42.2 Å². The van der Waals surface area contributed by atoms with Gasteiger partial charge in [-0.3, -0.25) is 5.43 Å². The summed E-state index contributed by atoms with van der Waals surface area (Å²) in [6.45, 7) is 3.71. The minimum absolute atomic E-state index is 0.112. The molecule has 3 rings (SSSR count). The summed E-state index contributed by atoms with van der Waals surface area (Å²) in [7, 11) is 2.79. The van der Waals surface area contributed by atoms with E-state index in [1.807, 2.05) is 13.0 Å². The third kappa shape index (κ3) is 8.18. The molecule has 2 amide bonds. The summed E-state index contributed by atoms with van der Waals surface area (Å²) in [6.07, 6.45) is 5.63. The van der Waals surface area contributed by atoms with E-state index in [0.29, 0.717) is 46.4 Å². The summed E-state index contributed by atoms with van der Waals surface area (Å²) >= 11 is 2.11. The first-order chi connectivity index (χ1) is 19.7. The first-order valence-electron chi connectivity index (χ1n) is 12.4. The number of aliphatic hydroxyl groups excluding tert-OH is 1. The van der Waals surface area contributed by atoms with Gasteiger partial charge in [0.25, 0.3) is 0 Å². The number of nitrogens with one attached hydrogen (secondary N) is 3. The molecule has 218 valence electrons. The van der Waals surface area contributed by atoms with Crippen LogP contribution in [-0.4, -0.2) is 63.6 Å². The second-order valence-electron chi connectivity index (χ2n) is 8.44. The number of hydrogen-bond donors (Lipinski definition) is 4. The van der Waals surface area contributed by atoms with E-state index in [1.165, 1.54) is 20.4 Å². The summed E-state index contributed by atoms with van der Waals surface area (Å²) in [6, 6.07) is 7.33. The van der Waals surface area contributed by atoms with Gasteiger partial charge in [-0.1, -0.05) is 12.0 Å². The molecule has 1 aliphatic heterocycles. The van der Waals surface area contributed by atoms with Crippen molar-refractivity contribution in [2.75, 3.05) is 34.0 Å². The van der Waals surface area contributed by atoms with E-state index in [2.05, 4.69) is 49.7 Å². The number of amides is 2. The second-order valence-corrected chi connectivity index (χ2v) is 9.60. The normalized spacial score (nSPS) is 15.3. The maximum Gasteiger partial charge on any atom is 0.337 e. The number of rotatable bonds is 13. The number of nitrogens with zero attached hydrogens (tertiary/aromatic N) is 1. The quantitative estimate of drug-likeness (QED) is 0.0627. The van der Waals surface area contributed by atoms with Gasteiger partial charge in [0.2, 0.25) is 0 Å². The number of hydrogen-bond acceptors (Lipinski definition) is 10. The lowest BCUT2D eigenvalue weighted by molar-refractivity contribution is -0.136. The SMILES string of the molecule is C#CCOc1c(I)cc(/C=N\N[C@H](O)COc2ccc([C@@H]3NC(=O)NC(C)=C3C(=O)OC)cc2OCC)cc1OC. The molecular formula is C28H31IN4O8. The zero-order chi connectivity index (χ0) is 29.9. The summed E-state index contributed by atoms with van der Waals surface area (Å²) in [5.41, 5.74) is 4.54. The van der Waals surface area contributed by atoms with Crippen LogP contribution in [0.1, 0.15) is 31.0 Å². The Bertz CT molecular complexity index is 1370. The van der Waals surface area contributed by atoms with Gasteiger partial charge in [0.1, 0.15) is 13.2 Å². The number of benzene rings is 2. The van der Waals surface area contributed by atoms with Crippen LogP contribution in [0.25, 0.3) is 0 Å². The molecule has 0 spiro atoms. The number of ether oxygens (including phenoxy) is 5. The number of methoxy groups -OCH3 is 2. The Labute approximate surface area is 251 Å². The van der Waals surface area contributed by atoms with Crippen LogP contribution in [0.15, 0.2) is 46.7 Å². The minimum Gasteiger partial charge on any atom is -0.493 e. The van der Waals surface area contributed by atoms with Crippen LogP contribution in [0, 0.1) is 15.9 Å². The molecule has 2 atom stereocenters. The predicted octanol–water partition coefficient (Wildman–Crippen LogP) is 2.83. The number of terminal acetylenes is 1. The molecule has 0 saturated carbocycles. The van der Waals surface area contributed by atoms with Gasteiger partial charge in [0, 0.05) is 5.70 Å². The van der Waals surface area contributed by atoms with E-state index in [0.717, 1.165) is 3.57 Å².